The summed E-state index contributed by atoms with van der Waals surface area (Å²) < 4.78 is 0. The van der Waals surface area contributed by atoms with Crippen LogP contribution < -0.4 is 0 Å². The Kier molecular flexibility index (Phi) is 5.73. The average molecular weight is 330 g/mol. The number of halogens is 1. The molecule has 2 rings (SSSR count). The monoisotopic (exact) mass is 329 g/mol. The van der Waals surface area contributed by atoms with Crippen LogP contribution in [0.1, 0.15) is 64.7 Å². The van der Waals surface area contributed by atoms with E-state index in [4.69, 9.17) is 0 Å². The molecule has 2 nitrogen and oxygen atoms in total. The molecule has 1 atom stereocenters. The maximum Gasteiger partial charge on any atom is 0.222 e. The zero-order chi connectivity index (χ0) is 13.7. The van der Waals surface area contributed by atoms with Gasteiger partial charge in [0.15, 0.2) is 0 Å². The van der Waals surface area contributed by atoms with Crippen molar-refractivity contribution in [2.75, 3.05) is 18.4 Å². The molecule has 1 saturated heterocycles. The summed E-state index contributed by atoms with van der Waals surface area (Å²) >= 11 is 3.70. The molecule has 0 N–H and O–H groups in total. The van der Waals surface area contributed by atoms with Crippen molar-refractivity contribution < 1.29 is 4.79 Å². The summed E-state index contributed by atoms with van der Waals surface area (Å²) in [5, 5.41) is 1.06. The minimum atomic E-state index is 0.375. The van der Waals surface area contributed by atoms with E-state index in [0.717, 1.165) is 37.2 Å². The van der Waals surface area contributed by atoms with E-state index in [-0.39, 0.29) is 0 Å². The zero-order valence-electron chi connectivity index (χ0n) is 12.3. The van der Waals surface area contributed by atoms with Crippen molar-refractivity contribution in [1.82, 2.24) is 4.90 Å². The van der Waals surface area contributed by atoms with Gasteiger partial charge in [-0.05, 0) is 37.0 Å². The van der Waals surface area contributed by atoms with Crippen LogP contribution in [0.2, 0.25) is 0 Å². The van der Waals surface area contributed by atoms with Crippen molar-refractivity contribution in [3.8, 4) is 0 Å². The lowest BCUT2D eigenvalue weighted by Crippen LogP contribution is -2.40. The second kappa shape index (κ2) is 7.10. The Morgan fingerprint density at radius 2 is 2.05 bits per heavy atom. The van der Waals surface area contributed by atoms with Crippen LogP contribution in [0, 0.1) is 11.3 Å². The maximum atomic E-state index is 12.3. The number of alkyl halides is 1. The molecular weight excluding hydrogens is 302 g/mol. The van der Waals surface area contributed by atoms with E-state index >= 15 is 0 Å². The third kappa shape index (κ3) is 3.96. The predicted molar refractivity (Wildman–Crippen MR) is 83.5 cm³/mol. The molecule has 0 radical (unpaired) electrons. The number of rotatable bonds is 5. The Balaban J connectivity index is 1.93. The molecule has 1 unspecified atom stereocenters. The van der Waals surface area contributed by atoms with Crippen molar-refractivity contribution in [1.29, 1.82) is 0 Å². The highest BCUT2D eigenvalue weighted by Crippen LogP contribution is 2.40. The molecule has 0 aromatic heterocycles. The van der Waals surface area contributed by atoms with Gasteiger partial charge >= 0.3 is 0 Å². The Hall–Kier alpha value is -0.0500. The van der Waals surface area contributed by atoms with Crippen molar-refractivity contribution in [3.63, 3.8) is 0 Å². The Morgan fingerprint density at radius 1 is 1.32 bits per heavy atom. The number of carbonyl (C=O) groups excluding carboxylic acids is 1. The van der Waals surface area contributed by atoms with Crippen molar-refractivity contribution >= 4 is 21.8 Å². The highest BCUT2D eigenvalue weighted by atomic mass is 79.9. The molecule has 0 spiro atoms. The molecule has 1 amide bonds. The van der Waals surface area contributed by atoms with E-state index in [9.17, 15) is 4.79 Å². The highest BCUT2D eigenvalue weighted by Gasteiger charge is 2.36. The summed E-state index contributed by atoms with van der Waals surface area (Å²) in [7, 11) is 0. The normalized spacial score (nSPS) is 27.6. The van der Waals surface area contributed by atoms with Crippen LogP contribution in [0.15, 0.2) is 0 Å². The third-order valence-electron chi connectivity index (χ3n) is 5.10. The van der Waals surface area contributed by atoms with Gasteiger partial charge in [0.2, 0.25) is 5.91 Å². The van der Waals surface area contributed by atoms with Crippen LogP contribution in [-0.4, -0.2) is 29.2 Å². The molecular formula is C16H28BrNO. The molecule has 1 saturated carbocycles. The minimum Gasteiger partial charge on any atom is -0.342 e. The van der Waals surface area contributed by atoms with E-state index in [1.807, 2.05) is 0 Å². The Labute approximate surface area is 126 Å². The highest BCUT2D eigenvalue weighted by molar-refractivity contribution is 9.09. The van der Waals surface area contributed by atoms with E-state index in [1.165, 1.54) is 44.9 Å². The molecule has 0 aromatic rings. The molecule has 3 heteroatoms. The van der Waals surface area contributed by atoms with E-state index in [0.29, 0.717) is 11.3 Å². The standard InChI is InChI=1S/C16H28BrNO/c1-2-5-14-6-7-15(19)18(11-8-14)13-16(12-17)9-3-4-10-16/h14H,2-13H2,1H3. The van der Waals surface area contributed by atoms with Crippen molar-refractivity contribution in [3.05, 3.63) is 0 Å². The van der Waals surface area contributed by atoms with Gasteiger partial charge in [0.1, 0.15) is 0 Å². The van der Waals surface area contributed by atoms with Gasteiger partial charge in [-0.1, -0.05) is 48.5 Å². The van der Waals surface area contributed by atoms with E-state index < -0.39 is 0 Å². The average Bonchev–Trinajstić information content (AvgIpc) is 2.82. The first kappa shape index (κ1) is 15.3. The summed E-state index contributed by atoms with van der Waals surface area (Å²) in [5.41, 5.74) is 0.375. The fourth-order valence-corrected chi connectivity index (χ4v) is 4.56. The van der Waals surface area contributed by atoms with Gasteiger partial charge < -0.3 is 4.90 Å². The molecule has 2 aliphatic rings. The number of nitrogens with zero attached hydrogens (tertiary/aromatic N) is 1. The molecule has 19 heavy (non-hydrogen) atoms. The first-order chi connectivity index (χ1) is 9.19. The van der Waals surface area contributed by atoms with Gasteiger partial charge in [0, 0.05) is 24.8 Å². The molecule has 0 bridgehead atoms. The topological polar surface area (TPSA) is 20.3 Å². The molecule has 0 aromatic carbocycles. The van der Waals surface area contributed by atoms with Gasteiger partial charge in [-0.15, -0.1) is 0 Å². The second-order valence-electron chi connectivity index (χ2n) is 6.64. The first-order valence-corrected chi connectivity index (χ1v) is 9.15. The summed E-state index contributed by atoms with van der Waals surface area (Å²) in [5.74, 6) is 1.19. The van der Waals surface area contributed by atoms with Crippen LogP contribution in [0.4, 0.5) is 0 Å². The SMILES string of the molecule is CCCC1CCC(=O)N(CC2(CBr)CCCC2)CC1. The number of likely N-dealkylation sites (tertiary alicyclic amines) is 1. The smallest absolute Gasteiger partial charge is 0.222 e. The van der Waals surface area contributed by atoms with Gasteiger partial charge in [0.25, 0.3) is 0 Å². The first-order valence-electron chi connectivity index (χ1n) is 8.03. The summed E-state index contributed by atoms with van der Waals surface area (Å²) in [4.78, 5) is 14.5. The van der Waals surface area contributed by atoms with Crippen LogP contribution in [0.5, 0.6) is 0 Å². The second-order valence-corrected chi connectivity index (χ2v) is 7.20. The van der Waals surface area contributed by atoms with Gasteiger partial charge in [0.05, 0.1) is 0 Å². The Bertz CT molecular complexity index is 299. The maximum absolute atomic E-state index is 12.3. The summed E-state index contributed by atoms with van der Waals surface area (Å²) in [6, 6.07) is 0. The fraction of sp³-hybridized carbons (Fsp3) is 0.938. The zero-order valence-corrected chi connectivity index (χ0v) is 13.9. The third-order valence-corrected chi connectivity index (χ3v) is 6.29. The minimum absolute atomic E-state index is 0.375. The number of carbonyl (C=O) groups is 1. The van der Waals surface area contributed by atoms with Crippen molar-refractivity contribution in [2.45, 2.75) is 64.7 Å². The summed E-state index contributed by atoms with van der Waals surface area (Å²) in [6.07, 6.45) is 10.9. The van der Waals surface area contributed by atoms with E-state index in [2.05, 4.69) is 27.8 Å². The molecule has 110 valence electrons. The number of amides is 1. The van der Waals surface area contributed by atoms with E-state index in [1.54, 1.807) is 0 Å². The lowest BCUT2D eigenvalue weighted by Gasteiger charge is -2.33. The van der Waals surface area contributed by atoms with Crippen LogP contribution >= 0.6 is 15.9 Å². The van der Waals surface area contributed by atoms with Gasteiger partial charge in [-0.25, -0.2) is 0 Å². The van der Waals surface area contributed by atoms with Crippen molar-refractivity contribution in [2.24, 2.45) is 11.3 Å². The quantitative estimate of drug-likeness (QED) is 0.686. The Morgan fingerprint density at radius 3 is 2.68 bits per heavy atom. The van der Waals surface area contributed by atoms with Crippen LogP contribution in [-0.2, 0) is 4.79 Å². The van der Waals surface area contributed by atoms with Gasteiger partial charge in [-0.3, -0.25) is 4.79 Å². The predicted octanol–water partition coefficient (Wildman–Crippen LogP) is 4.37. The molecule has 1 aliphatic heterocycles. The van der Waals surface area contributed by atoms with Crippen LogP contribution in [0.3, 0.4) is 0 Å². The molecule has 1 heterocycles. The largest absolute Gasteiger partial charge is 0.342 e. The lowest BCUT2D eigenvalue weighted by molar-refractivity contribution is -0.132. The fourth-order valence-electron chi connectivity index (χ4n) is 3.82. The molecule has 2 fully saturated rings. The lowest BCUT2D eigenvalue weighted by atomic mass is 9.88. The summed E-state index contributed by atoms with van der Waals surface area (Å²) in [6.45, 7) is 4.25. The number of hydrogen-bond donors (Lipinski definition) is 0. The van der Waals surface area contributed by atoms with Crippen LogP contribution in [0.25, 0.3) is 0 Å². The van der Waals surface area contributed by atoms with Gasteiger partial charge in [-0.2, -0.15) is 0 Å². The number of hydrogen-bond acceptors (Lipinski definition) is 1. The molecule has 1 aliphatic carbocycles.